The molecule has 0 fully saturated rings. The van der Waals surface area contributed by atoms with Gasteiger partial charge in [-0.15, -0.1) is 0 Å². The Morgan fingerprint density at radius 1 is 1.09 bits per heavy atom. The van der Waals surface area contributed by atoms with E-state index in [1.54, 1.807) is 12.1 Å². The molecule has 0 saturated carbocycles. The number of rotatable bonds is 6. The quantitative estimate of drug-likeness (QED) is 0.499. The minimum Gasteiger partial charge on any atom is -0.481 e. The number of carbonyl (C=O) groups excluding carboxylic acids is 1. The summed E-state index contributed by atoms with van der Waals surface area (Å²) in [6.45, 7) is -0.0278. The number of carboxylic acid groups (broad SMARTS) is 1. The van der Waals surface area contributed by atoms with Crippen LogP contribution in [0.3, 0.4) is 0 Å². The average molecular weight is 315 g/mol. The number of aliphatic carboxylic acids is 1. The van der Waals surface area contributed by atoms with E-state index in [1.165, 1.54) is 36.4 Å². The number of esters is 1. The van der Waals surface area contributed by atoms with Gasteiger partial charge in [0.25, 0.3) is 5.69 Å². The molecule has 7 nitrogen and oxygen atoms in total. The number of carboxylic acids is 1. The van der Waals surface area contributed by atoms with Gasteiger partial charge in [-0.25, -0.2) is 4.79 Å². The van der Waals surface area contributed by atoms with Crippen LogP contribution in [-0.2, 0) is 22.6 Å². The van der Waals surface area contributed by atoms with Crippen molar-refractivity contribution >= 4 is 17.6 Å². The smallest absolute Gasteiger partial charge is 0.338 e. The zero-order chi connectivity index (χ0) is 16.8. The fraction of sp³-hybridized carbons (Fsp3) is 0.125. The van der Waals surface area contributed by atoms with Gasteiger partial charge in [-0.3, -0.25) is 14.9 Å². The molecule has 0 aliphatic rings. The predicted octanol–water partition coefficient (Wildman–Crippen LogP) is 2.58. The minimum absolute atomic E-state index is 0.0278. The van der Waals surface area contributed by atoms with Crippen molar-refractivity contribution in [2.24, 2.45) is 0 Å². The third-order valence-electron chi connectivity index (χ3n) is 3.04. The zero-order valence-corrected chi connectivity index (χ0v) is 12.0. The maximum atomic E-state index is 12.0. The maximum Gasteiger partial charge on any atom is 0.338 e. The maximum absolute atomic E-state index is 12.0. The lowest BCUT2D eigenvalue weighted by atomic mass is 10.1. The van der Waals surface area contributed by atoms with Gasteiger partial charge in [0.15, 0.2) is 0 Å². The van der Waals surface area contributed by atoms with Crippen molar-refractivity contribution < 1.29 is 24.4 Å². The van der Waals surface area contributed by atoms with Crippen molar-refractivity contribution in [1.82, 2.24) is 0 Å². The Morgan fingerprint density at radius 2 is 1.78 bits per heavy atom. The topological polar surface area (TPSA) is 107 Å². The summed E-state index contributed by atoms with van der Waals surface area (Å²) in [5.74, 6) is -1.57. The number of benzene rings is 2. The molecule has 1 N–H and O–H groups in total. The van der Waals surface area contributed by atoms with Crippen molar-refractivity contribution in [2.75, 3.05) is 0 Å². The fourth-order valence-electron chi connectivity index (χ4n) is 1.93. The molecule has 0 saturated heterocycles. The molecular formula is C16H13NO6. The first-order valence-corrected chi connectivity index (χ1v) is 6.67. The summed E-state index contributed by atoms with van der Waals surface area (Å²) < 4.78 is 5.12. The second-order valence-corrected chi connectivity index (χ2v) is 4.77. The van der Waals surface area contributed by atoms with Crippen LogP contribution in [0.4, 0.5) is 5.69 Å². The Morgan fingerprint density at radius 3 is 2.39 bits per heavy atom. The van der Waals surface area contributed by atoms with Crippen molar-refractivity contribution in [3.05, 3.63) is 75.3 Å². The molecule has 23 heavy (non-hydrogen) atoms. The first kappa shape index (κ1) is 16.2. The minimum atomic E-state index is -0.985. The Bertz CT molecular complexity index is 738. The summed E-state index contributed by atoms with van der Waals surface area (Å²) in [6.07, 6.45) is -0.177. The van der Waals surface area contributed by atoms with E-state index in [4.69, 9.17) is 9.84 Å². The summed E-state index contributed by atoms with van der Waals surface area (Å²) in [5, 5.41) is 19.3. The standard InChI is InChI=1S/C16H13NO6/c18-15(19)9-12-2-1-3-13(8-12)16(20)23-10-11-4-6-14(7-5-11)17(21)22/h1-8H,9-10H2,(H,18,19). The Labute approximate surface area is 131 Å². The summed E-state index contributed by atoms with van der Waals surface area (Å²) in [5.41, 5.74) is 1.33. The van der Waals surface area contributed by atoms with Crippen molar-refractivity contribution in [3.8, 4) is 0 Å². The predicted molar refractivity (Wildman–Crippen MR) is 80.0 cm³/mol. The van der Waals surface area contributed by atoms with Gasteiger partial charge in [0.2, 0.25) is 0 Å². The Balaban J connectivity index is 1.99. The molecule has 0 aromatic heterocycles. The van der Waals surface area contributed by atoms with E-state index < -0.39 is 16.9 Å². The van der Waals surface area contributed by atoms with Crippen molar-refractivity contribution in [2.45, 2.75) is 13.0 Å². The van der Waals surface area contributed by atoms with Crippen LogP contribution in [0.1, 0.15) is 21.5 Å². The molecule has 0 aliphatic carbocycles. The van der Waals surface area contributed by atoms with Crippen LogP contribution in [0.25, 0.3) is 0 Å². The molecule has 2 aromatic rings. The van der Waals surface area contributed by atoms with Crippen LogP contribution in [0.5, 0.6) is 0 Å². The van der Waals surface area contributed by atoms with Crippen LogP contribution in [-0.4, -0.2) is 22.0 Å². The number of nitro benzene ring substituents is 1. The molecule has 0 heterocycles. The van der Waals surface area contributed by atoms with Crippen molar-refractivity contribution in [1.29, 1.82) is 0 Å². The highest BCUT2D eigenvalue weighted by Crippen LogP contribution is 2.14. The summed E-state index contributed by atoms with van der Waals surface area (Å²) in [7, 11) is 0. The third kappa shape index (κ3) is 4.63. The van der Waals surface area contributed by atoms with E-state index in [2.05, 4.69) is 0 Å². The van der Waals surface area contributed by atoms with E-state index in [0.717, 1.165) is 0 Å². The highest BCUT2D eigenvalue weighted by molar-refractivity contribution is 5.89. The molecule has 0 aliphatic heterocycles. The zero-order valence-electron chi connectivity index (χ0n) is 12.0. The highest BCUT2D eigenvalue weighted by Gasteiger charge is 2.10. The molecule has 0 amide bonds. The number of hydrogen-bond donors (Lipinski definition) is 1. The lowest BCUT2D eigenvalue weighted by Crippen LogP contribution is -2.07. The van der Waals surface area contributed by atoms with Gasteiger partial charge in [0, 0.05) is 12.1 Å². The fourth-order valence-corrected chi connectivity index (χ4v) is 1.93. The van der Waals surface area contributed by atoms with Crippen LogP contribution in [0, 0.1) is 10.1 Å². The number of nitro groups is 1. The number of nitrogens with zero attached hydrogens (tertiary/aromatic N) is 1. The molecule has 7 heteroatoms. The van der Waals surface area contributed by atoms with E-state index >= 15 is 0 Å². The lowest BCUT2D eigenvalue weighted by Gasteiger charge is -2.06. The van der Waals surface area contributed by atoms with Gasteiger partial charge in [0.1, 0.15) is 6.61 Å². The monoisotopic (exact) mass is 315 g/mol. The second-order valence-electron chi connectivity index (χ2n) is 4.77. The Hall–Kier alpha value is -3.22. The largest absolute Gasteiger partial charge is 0.481 e. The lowest BCUT2D eigenvalue weighted by molar-refractivity contribution is -0.384. The average Bonchev–Trinajstić information content (AvgIpc) is 2.52. The summed E-state index contributed by atoms with van der Waals surface area (Å²) in [6, 6.07) is 11.9. The number of hydrogen-bond acceptors (Lipinski definition) is 5. The molecule has 0 atom stereocenters. The molecular weight excluding hydrogens is 302 g/mol. The normalized spacial score (nSPS) is 10.1. The summed E-state index contributed by atoms with van der Waals surface area (Å²) in [4.78, 5) is 32.7. The van der Waals surface area contributed by atoms with Crippen LogP contribution in [0.2, 0.25) is 0 Å². The van der Waals surface area contributed by atoms with Gasteiger partial charge in [0.05, 0.1) is 16.9 Å². The van der Waals surface area contributed by atoms with Crippen LogP contribution < -0.4 is 0 Å². The molecule has 0 radical (unpaired) electrons. The molecule has 0 unspecified atom stereocenters. The van der Waals surface area contributed by atoms with Crippen LogP contribution >= 0.6 is 0 Å². The van der Waals surface area contributed by atoms with E-state index in [-0.39, 0.29) is 24.3 Å². The molecule has 2 rings (SSSR count). The molecule has 0 spiro atoms. The van der Waals surface area contributed by atoms with Crippen molar-refractivity contribution in [3.63, 3.8) is 0 Å². The molecule has 2 aromatic carbocycles. The van der Waals surface area contributed by atoms with E-state index in [0.29, 0.717) is 11.1 Å². The van der Waals surface area contributed by atoms with E-state index in [9.17, 15) is 19.7 Å². The SMILES string of the molecule is O=C(O)Cc1cccc(C(=O)OCc2ccc([N+](=O)[O-])cc2)c1. The number of ether oxygens (including phenoxy) is 1. The number of non-ortho nitro benzene ring substituents is 1. The molecule has 118 valence electrons. The first-order valence-electron chi connectivity index (χ1n) is 6.67. The second kappa shape index (κ2) is 7.17. The summed E-state index contributed by atoms with van der Waals surface area (Å²) >= 11 is 0. The number of carbonyl (C=O) groups is 2. The van der Waals surface area contributed by atoms with Gasteiger partial charge in [-0.1, -0.05) is 12.1 Å². The van der Waals surface area contributed by atoms with Gasteiger partial charge < -0.3 is 9.84 Å². The third-order valence-corrected chi connectivity index (χ3v) is 3.04. The van der Waals surface area contributed by atoms with Gasteiger partial charge in [-0.05, 0) is 35.4 Å². The van der Waals surface area contributed by atoms with Gasteiger partial charge in [-0.2, -0.15) is 0 Å². The van der Waals surface area contributed by atoms with E-state index in [1.807, 2.05) is 0 Å². The molecule has 0 bridgehead atoms. The highest BCUT2D eigenvalue weighted by atomic mass is 16.6. The first-order chi connectivity index (χ1) is 11.0. The van der Waals surface area contributed by atoms with Gasteiger partial charge >= 0.3 is 11.9 Å². The Kier molecular flexibility index (Phi) is 5.03. The van der Waals surface area contributed by atoms with Crippen LogP contribution in [0.15, 0.2) is 48.5 Å².